The van der Waals surface area contributed by atoms with Gasteiger partial charge in [-0.3, -0.25) is 0 Å². The van der Waals surface area contributed by atoms with E-state index >= 15 is 0 Å². The van der Waals surface area contributed by atoms with E-state index in [1.54, 1.807) is 30.3 Å². The summed E-state index contributed by atoms with van der Waals surface area (Å²) in [5, 5.41) is 2.07. The van der Waals surface area contributed by atoms with Crippen molar-refractivity contribution in [2.75, 3.05) is 0 Å². The van der Waals surface area contributed by atoms with E-state index in [2.05, 4.69) is 0 Å². The first-order valence-electron chi connectivity index (χ1n) is 4.52. The van der Waals surface area contributed by atoms with E-state index in [0.717, 1.165) is 10.8 Å². The number of para-hydroxylation sites is 1. The lowest BCUT2D eigenvalue weighted by Crippen LogP contribution is -1.72. The van der Waals surface area contributed by atoms with E-state index in [1.165, 1.54) is 6.07 Å². The molecule has 0 bridgehead atoms. The first kappa shape index (κ1) is 8.74. The molecule has 0 saturated heterocycles. The van der Waals surface area contributed by atoms with Crippen molar-refractivity contribution in [3.63, 3.8) is 0 Å². The van der Waals surface area contributed by atoms with Crippen LogP contribution in [0.3, 0.4) is 0 Å². The fraction of sp³-hybridized carbons (Fsp3) is 0. The summed E-state index contributed by atoms with van der Waals surface area (Å²) in [4.78, 5) is 0. The number of hydrogen-bond acceptors (Lipinski definition) is 1. The largest absolute Gasteiger partial charge is 0.453 e. The molecule has 3 rings (SSSR count). The molecule has 1 aromatic heterocycles. The van der Waals surface area contributed by atoms with Gasteiger partial charge in [-0.1, -0.05) is 29.8 Å². The monoisotopic (exact) mass is 220 g/mol. The van der Waals surface area contributed by atoms with E-state index in [1.807, 2.05) is 0 Å². The maximum Gasteiger partial charge on any atom is 0.171 e. The number of furan rings is 1. The summed E-state index contributed by atoms with van der Waals surface area (Å²) in [6.07, 6.45) is 0. The smallest absolute Gasteiger partial charge is 0.171 e. The molecule has 0 fully saturated rings. The zero-order chi connectivity index (χ0) is 10.4. The highest BCUT2D eigenvalue weighted by atomic mass is 35.5. The highest BCUT2D eigenvalue weighted by Gasteiger charge is 2.12. The third-order valence-corrected chi connectivity index (χ3v) is 2.74. The fourth-order valence-electron chi connectivity index (χ4n) is 1.77. The van der Waals surface area contributed by atoms with Crippen molar-refractivity contribution in [3.8, 4) is 0 Å². The maximum atomic E-state index is 13.4. The molecule has 3 aromatic rings. The summed E-state index contributed by atoms with van der Waals surface area (Å²) in [6, 6.07) is 10.2. The molecule has 2 aromatic carbocycles. The average Bonchev–Trinajstić information content (AvgIpc) is 2.59. The van der Waals surface area contributed by atoms with Crippen molar-refractivity contribution in [3.05, 3.63) is 47.2 Å². The summed E-state index contributed by atoms with van der Waals surface area (Å²) in [7, 11) is 0. The molecule has 0 aliphatic rings. The lowest BCUT2D eigenvalue weighted by atomic mass is 10.1. The molecule has 1 heterocycles. The van der Waals surface area contributed by atoms with Gasteiger partial charge in [0, 0.05) is 10.8 Å². The van der Waals surface area contributed by atoms with Crippen LogP contribution in [0.2, 0.25) is 5.02 Å². The van der Waals surface area contributed by atoms with E-state index in [4.69, 9.17) is 16.0 Å². The number of halogens is 2. The van der Waals surface area contributed by atoms with Gasteiger partial charge in [-0.25, -0.2) is 4.39 Å². The quantitative estimate of drug-likeness (QED) is 0.548. The Balaban J connectivity index is 2.65. The second-order valence-corrected chi connectivity index (χ2v) is 3.74. The standard InChI is InChI=1S/C12H6ClFO/c13-8-4-2-6-10-11(8)7-3-1-5-9(14)12(7)15-10/h1-6H. The molecule has 0 N–H and O–H groups in total. The van der Waals surface area contributed by atoms with Crippen molar-refractivity contribution in [2.24, 2.45) is 0 Å². The molecular formula is C12H6ClFO. The van der Waals surface area contributed by atoms with Crippen LogP contribution in [0.1, 0.15) is 0 Å². The van der Waals surface area contributed by atoms with Gasteiger partial charge in [-0.2, -0.15) is 0 Å². The minimum atomic E-state index is -0.361. The van der Waals surface area contributed by atoms with Gasteiger partial charge in [0.15, 0.2) is 11.4 Å². The summed E-state index contributed by atoms with van der Waals surface area (Å²) < 4.78 is 18.8. The van der Waals surface area contributed by atoms with Crippen LogP contribution in [0.4, 0.5) is 4.39 Å². The normalized spacial score (nSPS) is 11.3. The molecule has 0 atom stereocenters. The Morgan fingerprint density at radius 2 is 1.87 bits per heavy atom. The van der Waals surface area contributed by atoms with Crippen molar-refractivity contribution in [1.82, 2.24) is 0 Å². The number of fused-ring (bicyclic) bond motifs is 3. The SMILES string of the molecule is Fc1cccc2c1oc1cccc(Cl)c12. The molecule has 3 heteroatoms. The van der Waals surface area contributed by atoms with Crippen LogP contribution in [0.5, 0.6) is 0 Å². The van der Waals surface area contributed by atoms with Gasteiger partial charge in [0.2, 0.25) is 0 Å². The molecular weight excluding hydrogens is 215 g/mol. The second-order valence-electron chi connectivity index (χ2n) is 3.33. The van der Waals surface area contributed by atoms with Crippen LogP contribution in [-0.4, -0.2) is 0 Å². The molecule has 0 spiro atoms. The third kappa shape index (κ3) is 1.15. The van der Waals surface area contributed by atoms with E-state index in [9.17, 15) is 4.39 Å². The molecule has 0 aliphatic heterocycles. The molecule has 0 unspecified atom stereocenters. The summed E-state index contributed by atoms with van der Waals surface area (Å²) in [5.41, 5.74) is 0.878. The van der Waals surface area contributed by atoms with Crippen molar-refractivity contribution in [2.45, 2.75) is 0 Å². The predicted molar refractivity (Wildman–Crippen MR) is 58.7 cm³/mol. The van der Waals surface area contributed by atoms with E-state index in [0.29, 0.717) is 10.6 Å². The summed E-state index contributed by atoms with van der Waals surface area (Å²) in [6.45, 7) is 0. The van der Waals surface area contributed by atoms with Crippen LogP contribution in [0, 0.1) is 5.82 Å². The lowest BCUT2D eigenvalue weighted by Gasteiger charge is -1.91. The van der Waals surface area contributed by atoms with Crippen LogP contribution < -0.4 is 0 Å². The fourth-order valence-corrected chi connectivity index (χ4v) is 2.04. The Morgan fingerprint density at radius 3 is 2.73 bits per heavy atom. The predicted octanol–water partition coefficient (Wildman–Crippen LogP) is 4.38. The molecule has 0 saturated carbocycles. The Morgan fingerprint density at radius 1 is 1.07 bits per heavy atom. The molecule has 74 valence electrons. The Hall–Kier alpha value is -1.54. The van der Waals surface area contributed by atoms with Crippen molar-refractivity contribution in [1.29, 1.82) is 0 Å². The second kappa shape index (κ2) is 2.97. The first-order valence-corrected chi connectivity index (χ1v) is 4.90. The highest BCUT2D eigenvalue weighted by Crippen LogP contribution is 2.34. The van der Waals surface area contributed by atoms with E-state index in [-0.39, 0.29) is 11.4 Å². The van der Waals surface area contributed by atoms with Gasteiger partial charge < -0.3 is 4.42 Å². The molecule has 0 aliphatic carbocycles. The van der Waals surface area contributed by atoms with E-state index < -0.39 is 0 Å². The Bertz CT molecular complexity index is 657. The van der Waals surface area contributed by atoms with Gasteiger partial charge in [-0.05, 0) is 18.2 Å². The Labute approximate surface area is 90.1 Å². The van der Waals surface area contributed by atoms with Crippen LogP contribution in [0.15, 0.2) is 40.8 Å². The molecule has 0 amide bonds. The number of rotatable bonds is 0. The average molecular weight is 221 g/mol. The molecule has 15 heavy (non-hydrogen) atoms. The van der Waals surface area contributed by atoms with Gasteiger partial charge in [0.25, 0.3) is 0 Å². The van der Waals surface area contributed by atoms with Crippen LogP contribution in [-0.2, 0) is 0 Å². The topological polar surface area (TPSA) is 13.1 Å². The van der Waals surface area contributed by atoms with Gasteiger partial charge in [-0.15, -0.1) is 0 Å². The molecule has 1 nitrogen and oxygen atoms in total. The maximum absolute atomic E-state index is 13.4. The zero-order valence-electron chi connectivity index (χ0n) is 7.63. The zero-order valence-corrected chi connectivity index (χ0v) is 8.38. The lowest BCUT2D eigenvalue weighted by molar-refractivity contribution is 0.584. The van der Waals surface area contributed by atoms with Gasteiger partial charge in [0.05, 0.1) is 5.02 Å². The number of benzene rings is 2. The summed E-state index contributed by atoms with van der Waals surface area (Å²) >= 11 is 6.05. The van der Waals surface area contributed by atoms with Crippen LogP contribution >= 0.6 is 11.6 Å². The Kier molecular flexibility index (Phi) is 1.73. The van der Waals surface area contributed by atoms with Gasteiger partial charge >= 0.3 is 0 Å². The minimum Gasteiger partial charge on any atom is -0.453 e. The first-order chi connectivity index (χ1) is 7.27. The molecule has 0 radical (unpaired) electrons. The summed E-state index contributed by atoms with van der Waals surface area (Å²) in [5.74, 6) is -0.361. The third-order valence-electron chi connectivity index (χ3n) is 2.42. The van der Waals surface area contributed by atoms with Crippen LogP contribution in [0.25, 0.3) is 21.9 Å². The minimum absolute atomic E-state index is 0.264. The van der Waals surface area contributed by atoms with Crippen molar-refractivity contribution >= 4 is 33.5 Å². The van der Waals surface area contributed by atoms with Crippen molar-refractivity contribution < 1.29 is 8.81 Å². The highest BCUT2D eigenvalue weighted by molar-refractivity contribution is 6.37. The number of hydrogen-bond donors (Lipinski definition) is 0. The van der Waals surface area contributed by atoms with Gasteiger partial charge in [0.1, 0.15) is 5.58 Å².